The first kappa shape index (κ1) is 30.0. The van der Waals surface area contributed by atoms with Gasteiger partial charge in [0.25, 0.3) is 5.91 Å². The predicted octanol–water partition coefficient (Wildman–Crippen LogP) is 4.85. The van der Waals surface area contributed by atoms with Gasteiger partial charge in [0.15, 0.2) is 0 Å². The summed E-state index contributed by atoms with van der Waals surface area (Å²) in [6, 6.07) is 12.9. The first-order valence-electron chi connectivity index (χ1n) is 14.9. The molecule has 1 N–H and O–H groups in total. The van der Waals surface area contributed by atoms with E-state index >= 15 is 4.39 Å². The van der Waals surface area contributed by atoms with Crippen LogP contribution in [0.25, 0.3) is 16.9 Å². The molecule has 1 aliphatic heterocycles. The summed E-state index contributed by atoms with van der Waals surface area (Å²) >= 11 is 0. The average molecular weight is 615 g/mol. The van der Waals surface area contributed by atoms with E-state index in [2.05, 4.69) is 15.3 Å². The van der Waals surface area contributed by atoms with Crippen LogP contribution in [0.5, 0.6) is 5.75 Å². The lowest BCUT2D eigenvalue weighted by molar-refractivity contribution is 0.00950. The first-order chi connectivity index (χ1) is 21.5. The number of benzene rings is 2. The average Bonchev–Trinajstić information content (AvgIpc) is 3.78. The monoisotopic (exact) mass is 614 g/mol. The Balaban J connectivity index is 1.38. The number of aromatic nitrogens is 4. The Morgan fingerprint density at radius 1 is 1.09 bits per heavy atom. The zero-order valence-corrected chi connectivity index (χ0v) is 25.6. The minimum absolute atomic E-state index is 0.0319. The zero-order valence-electron chi connectivity index (χ0n) is 25.6. The highest BCUT2D eigenvalue weighted by atomic mass is 19.1. The maximum atomic E-state index is 15.1. The summed E-state index contributed by atoms with van der Waals surface area (Å²) in [5, 5.41) is 2.82. The number of rotatable bonds is 7. The Bertz CT molecular complexity index is 1790. The van der Waals surface area contributed by atoms with Crippen molar-refractivity contribution in [1.82, 2.24) is 29.3 Å². The number of hydrogen-bond donors (Lipinski definition) is 1. The van der Waals surface area contributed by atoms with Gasteiger partial charge in [0.2, 0.25) is 0 Å². The molecule has 45 heavy (non-hydrogen) atoms. The smallest absolute Gasteiger partial charge is 0.410 e. The molecule has 0 spiro atoms. The van der Waals surface area contributed by atoms with E-state index in [0.29, 0.717) is 28.4 Å². The van der Waals surface area contributed by atoms with Crippen LogP contribution in [0.3, 0.4) is 0 Å². The number of hydrogen-bond acceptors (Lipinski definition) is 7. The molecule has 2 aliphatic rings. The minimum atomic E-state index is -0.731. The molecule has 0 saturated heterocycles. The van der Waals surface area contributed by atoms with E-state index in [4.69, 9.17) is 9.47 Å². The van der Waals surface area contributed by atoms with Gasteiger partial charge in [-0.15, -0.1) is 0 Å². The number of imidazole rings is 1. The van der Waals surface area contributed by atoms with Crippen molar-refractivity contribution in [2.24, 2.45) is 0 Å². The van der Waals surface area contributed by atoms with Crippen LogP contribution in [0.15, 0.2) is 65.8 Å². The molecule has 2 aromatic carbocycles. The number of carbonyl (C=O) groups excluding carboxylic acids is 2. The van der Waals surface area contributed by atoms with Gasteiger partial charge in [0, 0.05) is 30.4 Å². The van der Waals surface area contributed by atoms with E-state index in [1.165, 1.54) is 26.4 Å². The second kappa shape index (κ2) is 11.8. The van der Waals surface area contributed by atoms with Crippen molar-refractivity contribution in [2.45, 2.75) is 77.9 Å². The molecule has 4 aromatic rings. The fourth-order valence-corrected chi connectivity index (χ4v) is 5.39. The summed E-state index contributed by atoms with van der Waals surface area (Å²) < 4.78 is 29.5. The summed E-state index contributed by atoms with van der Waals surface area (Å²) in [5.41, 5.74) is 0.949. The fourth-order valence-electron chi connectivity index (χ4n) is 5.39. The third kappa shape index (κ3) is 6.31. The van der Waals surface area contributed by atoms with E-state index in [1.54, 1.807) is 69.4 Å². The van der Waals surface area contributed by atoms with E-state index in [9.17, 15) is 14.4 Å². The van der Waals surface area contributed by atoms with Gasteiger partial charge < -0.3 is 14.8 Å². The molecule has 1 saturated carbocycles. The molecule has 234 valence electrons. The highest BCUT2D eigenvalue weighted by Crippen LogP contribution is 2.29. The maximum Gasteiger partial charge on any atom is 0.410 e. The van der Waals surface area contributed by atoms with E-state index in [0.717, 1.165) is 12.8 Å². The molecule has 0 radical (unpaired) electrons. The Labute approximate surface area is 259 Å². The Hall–Kier alpha value is -5.00. The lowest BCUT2D eigenvalue weighted by Gasteiger charge is -2.35. The molecule has 0 unspecified atom stereocenters. The fraction of sp³-hybridized carbons (Fsp3) is 0.364. The van der Waals surface area contributed by atoms with Crippen LogP contribution in [0.2, 0.25) is 0 Å². The number of nitrogens with zero attached hydrogens (tertiary/aromatic N) is 5. The number of ether oxygens (including phenoxy) is 2. The molecule has 2 aromatic heterocycles. The van der Waals surface area contributed by atoms with Crippen LogP contribution < -0.4 is 15.7 Å². The largest absolute Gasteiger partial charge is 0.490 e. The maximum absolute atomic E-state index is 15.1. The quantitative estimate of drug-likeness (QED) is 0.316. The second-order valence-electron chi connectivity index (χ2n) is 12.3. The van der Waals surface area contributed by atoms with Crippen LogP contribution in [0.4, 0.5) is 9.18 Å². The molecule has 6 rings (SSSR count). The van der Waals surface area contributed by atoms with Crippen LogP contribution in [0, 0.1) is 5.82 Å². The standard InChI is InChI=1S/C33H35FN6O5/c1-20-17-39-28(18-38(20)32(43)45-33(2,3)4)29(40(31(39)42)21-8-10-22(11-9-21)44-23-12-13-23)30(41)36-16-25-24(6-5-7-26(25)34)27-14-15-35-19-37-27/h5-11,14-15,19-20,23H,12-13,16-18H2,1-4H3,(H,36,41)/t20-/m1/s1. The number of carbonyl (C=O) groups is 2. The van der Waals surface area contributed by atoms with E-state index in [1.807, 2.05) is 6.92 Å². The van der Waals surface area contributed by atoms with Crippen molar-refractivity contribution in [2.75, 3.05) is 0 Å². The summed E-state index contributed by atoms with van der Waals surface area (Å²) in [6.07, 6.45) is 4.59. The van der Waals surface area contributed by atoms with Crippen LogP contribution in [-0.2, 0) is 24.4 Å². The van der Waals surface area contributed by atoms with Gasteiger partial charge in [-0.2, -0.15) is 0 Å². The van der Waals surface area contributed by atoms with Gasteiger partial charge in [0.05, 0.1) is 35.8 Å². The Morgan fingerprint density at radius 2 is 1.84 bits per heavy atom. The second-order valence-corrected chi connectivity index (χ2v) is 12.3. The SMILES string of the molecule is C[C@@H]1Cn2c(c(C(=O)NCc3c(F)cccc3-c3ccncn3)n(-c3ccc(OC4CC4)cc3)c2=O)CN1C(=O)OC(C)(C)C. The normalized spacial score (nSPS) is 16.2. The molecule has 12 heteroatoms. The van der Waals surface area contributed by atoms with Crippen LogP contribution in [0.1, 0.15) is 62.3 Å². The van der Waals surface area contributed by atoms with Gasteiger partial charge >= 0.3 is 11.8 Å². The summed E-state index contributed by atoms with van der Waals surface area (Å²) in [7, 11) is 0. The molecule has 0 bridgehead atoms. The molecule has 1 aliphatic carbocycles. The van der Waals surface area contributed by atoms with E-state index in [-0.39, 0.29) is 43.0 Å². The van der Waals surface area contributed by atoms with Gasteiger partial charge in [-0.3, -0.25) is 18.8 Å². The van der Waals surface area contributed by atoms with Crippen molar-refractivity contribution < 1.29 is 23.5 Å². The van der Waals surface area contributed by atoms with Crippen molar-refractivity contribution >= 4 is 12.0 Å². The Kier molecular flexibility index (Phi) is 7.90. The Morgan fingerprint density at radius 3 is 2.51 bits per heavy atom. The summed E-state index contributed by atoms with van der Waals surface area (Å²) in [6.45, 7) is 7.11. The summed E-state index contributed by atoms with van der Waals surface area (Å²) in [4.78, 5) is 50.9. The van der Waals surface area contributed by atoms with Gasteiger partial charge in [-0.25, -0.2) is 23.9 Å². The number of nitrogens with one attached hydrogen (secondary N) is 1. The molecule has 11 nitrogen and oxygen atoms in total. The van der Waals surface area contributed by atoms with Crippen LogP contribution in [-0.4, -0.2) is 53.7 Å². The van der Waals surface area contributed by atoms with Crippen molar-refractivity contribution in [3.8, 4) is 22.7 Å². The van der Waals surface area contributed by atoms with Crippen molar-refractivity contribution in [3.05, 3.63) is 94.3 Å². The van der Waals surface area contributed by atoms with Gasteiger partial charge in [-0.05, 0) is 76.9 Å². The summed E-state index contributed by atoms with van der Waals surface area (Å²) in [5.74, 6) is -0.445. The van der Waals surface area contributed by atoms with Crippen LogP contribution >= 0.6 is 0 Å². The lowest BCUT2D eigenvalue weighted by Crippen LogP contribution is -2.48. The lowest BCUT2D eigenvalue weighted by atomic mass is 10.0. The predicted molar refractivity (Wildman–Crippen MR) is 164 cm³/mol. The van der Waals surface area contributed by atoms with Gasteiger partial charge in [0.1, 0.15) is 29.2 Å². The molecule has 1 atom stereocenters. The number of amides is 2. The van der Waals surface area contributed by atoms with Crippen molar-refractivity contribution in [1.29, 1.82) is 0 Å². The highest BCUT2D eigenvalue weighted by Gasteiger charge is 2.37. The minimum Gasteiger partial charge on any atom is -0.490 e. The third-order valence-corrected chi connectivity index (χ3v) is 7.71. The van der Waals surface area contributed by atoms with Gasteiger partial charge in [-0.1, -0.05) is 12.1 Å². The van der Waals surface area contributed by atoms with Crippen molar-refractivity contribution in [3.63, 3.8) is 0 Å². The molecular formula is C33H35FN6O5. The highest BCUT2D eigenvalue weighted by molar-refractivity contribution is 5.94. The topological polar surface area (TPSA) is 121 Å². The molecular weight excluding hydrogens is 579 g/mol. The molecule has 3 heterocycles. The molecule has 1 fully saturated rings. The number of halogens is 1. The molecule has 2 amide bonds. The number of fused-ring (bicyclic) bond motifs is 1. The zero-order chi connectivity index (χ0) is 31.9. The van der Waals surface area contributed by atoms with E-state index < -0.39 is 29.1 Å². The first-order valence-corrected chi connectivity index (χ1v) is 14.9. The third-order valence-electron chi connectivity index (χ3n) is 7.71.